The maximum atomic E-state index is 10.5. The van der Waals surface area contributed by atoms with Gasteiger partial charge in [-0.25, -0.2) is 0 Å². The molecule has 1 unspecified atom stereocenters. The first-order valence-electron chi connectivity index (χ1n) is 2.86. The van der Waals surface area contributed by atoms with Crippen molar-refractivity contribution in [2.75, 3.05) is 0 Å². The van der Waals surface area contributed by atoms with E-state index in [-0.39, 0.29) is 0 Å². The zero-order valence-electron chi connectivity index (χ0n) is 5.50. The molecule has 1 rings (SSSR count). The summed E-state index contributed by atoms with van der Waals surface area (Å²) in [6.45, 7) is 1.84. The molecule has 1 atom stereocenters. The van der Waals surface area contributed by atoms with Gasteiger partial charge in [0.2, 0.25) is 0 Å². The first-order valence-corrected chi connectivity index (χ1v) is 4.53. The fraction of sp³-hybridized carbons (Fsp3) is 0.286. The van der Waals surface area contributed by atoms with Crippen molar-refractivity contribution in [3.8, 4) is 0 Å². The van der Waals surface area contributed by atoms with Gasteiger partial charge < -0.3 is 4.79 Å². The van der Waals surface area contributed by atoms with Crippen LogP contribution in [0.3, 0.4) is 0 Å². The number of carbonyl (C=O) groups is 1. The van der Waals surface area contributed by atoms with Gasteiger partial charge in [-0.15, -0.1) is 11.3 Å². The molecule has 1 nitrogen and oxygen atoms in total. The van der Waals surface area contributed by atoms with Crippen molar-refractivity contribution in [1.82, 2.24) is 0 Å². The van der Waals surface area contributed by atoms with Crippen molar-refractivity contribution in [2.45, 2.75) is 11.2 Å². The predicted molar refractivity (Wildman–Crippen MR) is 46.7 cm³/mol. The van der Waals surface area contributed by atoms with Gasteiger partial charge in [-0.2, -0.15) is 0 Å². The Labute approximate surface area is 72.2 Å². The zero-order valence-corrected chi connectivity index (χ0v) is 7.91. The minimum atomic E-state index is -0.485. The summed E-state index contributed by atoms with van der Waals surface area (Å²) in [5.74, 6) is 0. The molecule has 1 aromatic heterocycles. The van der Waals surface area contributed by atoms with Crippen LogP contribution in [0.25, 0.3) is 0 Å². The highest BCUT2D eigenvalue weighted by Gasteiger charge is 2.22. The highest BCUT2D eigenvalue weighted by molar-refractivity contribution is 9.10. The van der Waals surface area contributed by atoms with Crippen molar-refractivity contribution in [3.05, 3.63) is 22.4 Å². The molecule has 0 saturated heterocycles. The summed E-state index contributed by atoms with van der Waals surface area (Å²) in [5, 5.41) is 1.96. The van der Waals surface area contributed by atoms with Crippen molar-refractivity contribution < 1.29 is 4.79 Å². The van der Waals surface area contributed by atoms with E-state index in [0.717, 1.165) is 11.2 Å². The van der Waals surface area contributed by atoms with E-state index in [4.69, 9.17) is 0 Å². The van der Waals surface area contributed by atoms with E-state index in [1.807, 2.05) is 24.4 Å². The molecule has 0 bridgehead atoms. The standard InChI is InChI=1S/C7H7BrOS/c1-7(8,5-9)6-3-2-4-10-6/h2-5H,1H3. The van der Waals surface area contributed by atoms with Crippen LogP contribution in [0, 0.1) is 0 Å². The molecule has 0 amide bonds. The number of alkyl halides is 1. The maximum absolute atomic E-state index is 10.5. The molecule has 1 heterocycles. The summed E-state index contributed by atoms with van der Waals surface area (Å²) in [4.78, 5) is 11.5. The number of hydrogen-bond donors (Lipinski definition) is 0. The Kier molecular flexibility index (Phi) is 2.26. The normalized spacial score (nSPS) is 16.2. The van der Waals surface area contributed by atoms with E-state index in [2.05, 4.69) is 15.9 Å². The van der Waals surface area contributed by atoms with Gasteiger partial charge in [0, 0.05) is 4.88 Å². The van der Waals surface area contributed by atoms with Gasteiger partial charge in [0.05, 0.1) is 0 Å². The third-order valence-corrected chi connectivity index (χ3v) is 3.21. The fourth-order valence-electron chi connectivity index (χ4n) is 0.615. The van der Waals surface area contributed by atoms with Crippen LogP contribution >= 0.6 is 27.3 Å². The van der Waals surface area contributed by atoms with Crippen LogP contribution in [0.4, 0.5) is 0 Å². The first kappa shape index (κ1) is 7.95. The van der Waals surface area contributed by atoms with Gasteiger partial charge in [-0.3, -0.25) is 0 Å². The molecule has 10 heavy (non-hydrogen) atoms. The fourth-order valence-corrected chi connectivity index (χ4v) is 1.77. The molecule has 0 saturated carbocycles. The van der Waals surface area contributed by atoms with E-state index < -0.39 is 4.32 Å². The van der Waals surface area contributed by atoms with Gasteiger partial charge in [0.15, 0.2) is 0 Å². The molecule has 0 aliphatic carbocycles. The Morgan fingerprint density at radius 1 is 1.80 bits per heavy atom. The average Bonchev–Trinajstić information content (AvgIpc) is 2.38. The predicted octanol–water partition coefficient (Wildman–Crippen LogP) is 2.56. The third-order valence-electron chi connectivity index (χ3n) is 1.22. The van der Waals surface area contributed by atoms with E-state index in [1.54, 1.807) is 11.3 Å². The third kappa shape index (κ3) is 1.47. The second-order valence-corrected chi connectivity index (χ2v) is 4.77. The molecule has 3 heteroatoms. The maximum Gasteiger partial charge on any atom is 0.141 e. The molecule has 0 radical (unpaired) electrons. The van der Waals surface area contributed by atoms with Gasteiger partial charge in [-0.1, -0.05) is 22.0 Å². The highest BCUT2D eigenvalue weighted by Crippen LogP contribution is 2.31. The Bertz CT molecular complexity index is 216. The Morgan fingerprint density at radius 3 is 2.90 bits per heavy atom. The summed E-state index contributed by atoms with van der Waals surface area (Å²) in [7, 11) is 0. The average molecular weight is 219 g/mol. The first-order chi connectivity index (χ1) is 4.67. The topological polar surface area (TPSA) is 17.1 Å². The molecule has 0 N–H and O–H groups in total. The zero-order chi connectivity index (χ0) is 7.61. The molecule has 0 fully saturated rings. The van der Waals surface area contributed by atoms with E-state index in [0.29, 0.717) is 0 Å². The van der Waals surface area contributed by atoms with Crippen LogP contribution in [-0.4, -0.2) is 6.29 Å². The largest absolute Gasteiger partial charge is 0.301 e. The summed E-state index contributed by atoms with van der Waals surface area (Å²) in [6.07, 6.45) is 0.902. The highest BCUT2D eigenvalue weighted by atomic mass is 79.9. The Morgan fingerprint density at radius 2 is 2.50 bits per heavy atom. The summed E-state index contributed by atoms with van der Waals surface area (Å²) in [5.41, 5.74) is 0. The van der Waals surface area contributed by atoms with Crippen LogP contribution in [0.1, 0.15) is 11.8 Å². The van der Waals surface area contributed by atoms with Crippen LogP contribution in [0.15, 0.2) is 17.5 Å². The monoisotopic (exact) mass is 218 g/mol. The van der Waals surface area contributed by atoms with Crippen LogP contribution < -0.4 is 0 Å². The number of rotatable bonds is 2. The van der Waals surface area contributed by atoms with Crippen molar-refractivity contribution in [2.24, 2.45) is 0 Å². The molecule has 0 aromatic carbocycles. The van der Waals surface area contributed by atoms with Gasteiger partial charge in [0.25, 0.3) is 0 Å². The van der Waals surface area contributed by atoms with E-state index in [1.165, 1.54) is 0 Å². The number of aldehydes is 1. The van der Waals surface area contributed by atoms with E-state index >= 15 is 0 Å². The lowest BCUT2D eigenvalue weighted by Crippen LogP contribution is -2.11. The number of halogens is 1. The van der Waals surface area contributed by atoms with Gasteiger partial charge in [-0.05, 0) is 18.4 Å². The summed E-state index contributed by atoms with van der Waals surface area (Å²) in [6, 6.07) is 3.87. The van der Waals surface area contributed by atoms with E-state index in [9.17, 15) is 4.79 Å². The Hall–Kier alpha value is -0.150. The summed E-state index contributed by atoms with van der Waals surface area (Å²) < 4.78 is -0.485. The van der Waals surface area contributed by atoms with Gasteiger partial charge in [0.1, 0.15) is 10.6 Å². The van der Waals surface area contributed by atoms with Crippen LogP contribution in [0.5, 0.6) is 0 Å². The van der Waals surface area contributed by atoms with Crippen molar-refractivity contribution >= 4 is 33.6 Å². The molecule has 0 aliphatic rings. The Balaban J connectivity index is 2.95. The molecule has 0 aliphatic heterocycles. The minimum absolute atomic E-state index is 0.485. The minimum Gasteiger partial charge on any atom is -0.301 e. The number of carbonyl (C=O) groups excluding carboxylic acids is 1. The van der Waals surface area contributed by atoms with Crippen molar-refractivity contribution in [1.29, 1.82) is 0 Å². The molecule has 54 valence electrons. The smallest absolute Gasteiger partial charge is 0.141 e. The number of thiophene rings is 1. The van der Waals surface area contributed by atoms with Crippen LogP contribution in [-0.2, 0) is 9.12 Å². The van der Waals surface area contributed by atoms with Gasteiger partial charge >= 0.3 is 0 Å². The summed E-state index contributed by atoms with van der Waals surface area (Å²) >= 11 is 4.89. The molecule has 0 spiro atoms. The lowest BCUT2D eigenvalue weighted by molar-refractivity contribution is -0.109. The SMILES string of the molecule is CC(Br)(C=O)c1cccs1. The molecule has 1 aromatic rings. The second kappa shape index (κ2) is 2.84. The molecular weight excluding hydrogens is 212 g/mol. The number of hydrogen-bond acceptors (Lipinski definition) is 2. The van der Waals surface area contributed by atoms with Crippen LogP contribution in [0.2, 0.25) is 0 Å². The second-order valence-electron chi connectivity index (χ2n) is 2.17. The lowest BCUT2D eigenvalue weighted by Gasteiger charge is -2.10. The lowest BCUT2D eigenvalue weighted by atomic mass is 10.2. The quantitative estimate of drug-likeness (QED) is 0.551. The molecular formula is C7H7BrOS. The van der Waals surface area contributed by atoms with Crippen molar-refractivity contribution in [3.63, 3.8) is 0 Å².